The number of aliphatic imine (C=N–C) groups is 1. The zero-order valence-electron chi connectivity index (χ0n) is 8.39. The topological polar surface area (TPSA) is 32.7 Å². The lowest BCUT2D eigenvalue weighted by Gasteiger charge is -2.20. The van der Waals surface area contributed by atoms with Crippen molar-refractivity contribution in [1.82, 2.24) is 0 Å². The van der Waals surface area contributed by atoms with E-state index in [2.05, 4.69) is 11.1 Å². The number of nitrogens with zero attached hydrogens (tertiary/aromatic N) is 2. The zero-order chi connectivity index (χ0) is 10.3. The maximum atomic E-state index is 11.9. The first kappa shape index (κ1) is 8.65. The van der Waals surface area contributed by atoms with Crippen LogP contribution in [0, 0.1) is 0 Å². The number of para-hydroxylation sites is 1. The first-order valence-electron chi connectivity index (χ1n) is 5.26. The maximum Gasteiger partial charge on any atom is 0.229 e. The third kappa shape index (κ3) is 1.27. The van der Waals surface area contributed by atoms with E-state index in [0.29, 0.717) is 13.0 Å². The van der Waals surface area contributed by atoms with E-state index in [4.69, 9.17) is 0 Å². The minimum Gasteiger partial charge on any atom is -0.303 e. The summed E-state index contributed by atoms with van der Waals surface area (Å²) in [5.41, 5.74) is 2.32. The molecule has 3 nitrogen and oxygen atoms in total. The molecular weight excluding hydrogens is 188 g/mol. The maximum absolute atomic E-state index is 11.9. The summed E-state index contributed by atoms with van der Waals surface area (Å²) in [6.45, 7) is 0.633. The molecule has 0 aromatic heterocycles. The Morgan fingerprint density at radius 1 is 1.33 bits per heavy atom. The quantitative estimate of drug-likeness (QED) is 0.623. The van der Waals surface area contributed by atoms with E-state index in [9.17, 15) is 4.79 Å². The number of fused-ring (bicyclic) bond motifs is 3. The number of carbonyl (C=O) groups excluding carboxylic acids is 1. The van der Waals surface area contributed by atoms with Gasteiger partial charge in [0, 0.05) is 31.3 Å². The number of hydrogen-bond acceptors (Lipinski definition) is 2. The molecule has 2 aliphatic rings. The van der Waals surface area contributed by atoms with Gasteiger partial charge in [0.1, 0.15) is 0 Å². The molecule has 76 valence electrons. The lowest BCUT2D eigenvalue weighted by Crippen LogP contribution is -2.37. The molecule has 2 heterocycles. The average Bonchev–Trinajstić information content (AvgIpc) is 2.53. The fraction of sp³-hybridized carbons (Fsp3) is 0.333. The van der Waals surface area contributed by atoms with Gasteiger partial charge in [-0.05, 0) is 11.6 Å². The second-order valence-electron chi connectivity index (χ2n) is 3.97. The third-order valence-electron chi connectivity index (χ3n) is 3.01. The smallest absolute Gasteiger partial charge is 0.229 e. The molecule has 1 aromatic carbocycles. The van der Waals surface area contributed by atoms with Crippen LogP contribution in [0.2, 0.25) is 0 Å². The van der Waals surface area contributed by atoms with Gasteiger partial charge in [0.2, 0.25) is 5.91 Å². The second kappa shape index (κ2) is 3.19. The minimum absolute atomic E-state index is 0.150. The molecule has 0 unspecified atom stereocenters. The number of rotatable bonds is 0. The predicted molar refractivity (Wildman–Crippen MR) is 59.4 cm³/mol. The van der Waals surface area contributed by atoms with Crippen molar-refractivity contribution in [1.29, 1.82) is 0 Å². The first-order valence-corrected chi connectivity index (χ1v) is 5.26. The summed E-state index contributed by atoms with van der Waals surface area (Å²) < 4.78 is 0. The van der Waals surface area contributed by atoms with E-state index >= 15 is 0 Å². The normalized spacial score (nSPS) is 23.6. The Hall–Kier alpha value is -1.64. The molecule has 0 fully saturated rings. The highest BCUT2D eigenvalue weighted by Crippen LogP contribution is 2.32. The summed E-state index contributed by atoms with van der Waals surface area (Å²) in [4.78, 5) is 18.1. The van der Waals surface area contributed by atoms with Gasteiger partial charge in [-0.1, -0.05) is 18.2 Å². The van der Waals surface area contributed by atoms with E-state index in [-0.39, 0.29) is 11.9 Å². The molecule has 0 radical (unpaired) electrons. The minimum atomic E-state index is 0.150. The Kier molecular flexibility index (Phi) is 1.84. The summed E-state index contributed by atoms with van der Waals surface area (Å²) in [5, 5.41) is 0. The number of hydrogen-bond donors (Lipinski definition) is 0. The molecule has 2 aliphatic heterocycles. The van der Waals surface area contributed by atoms with Crippen molar-refractivity contribution < 1.29 is 4.79 Å². The Labute approximate surface area is 88.4 Å². The lowest BCUT2D eigenvalue weighted by atomic mass is 10.1. The third-order valence-corrected chi connectivity index (χ3v) is 3.01. The summed E-state index contributed by atoms with van der Waals surface area (Å²) in [5.74, 6) is 0.197. The van der Waals surface area contributed by atoms with Gasteiger partial charge in [0.15, 0.2) is 0 Å². The Bertz CT molecular complexity index is 439. The van der Waals surface area contributed by atoms with Crippen molar-refractivity contribution in [2.75, 3.05) is 11.4 Å². The molecule has 0 bridgehead atoms. The lowest BCUT2D eigenvalue weighted by molar-refractivity contribution is -0.118. The van der Waals surface area contributed by atoms with Gasteiger partial charge in [-0.3, -0.25) is 9.79 Å². The van der Waals surface area contributed by atoms with Crippen LogP contribution in [0.4, 0.5) is 5.69 Å². The highest BCUT2D eigenvalue weighted by atomic mass is 16.2. The van der Waals surface area contributed by atoms with Gasteiger partial charge in [0.25, 0.3) is 0 Å². The fourth-order valence-electron chi connectivity index (χ4n) is 2.33. The van der Waals surface area contributed by atoms with E-state index < -0.39 is 0 Å². The standard InChI is InChI=1S/C12H12N2O/c15-12-5-6-13-8-10-7-9-3-1-2-4-11(9)14(10)12/h1-4,8,10H,5-7H2/t10-/m0/s1. The van der Waals surface area contributed by atoms with Crippen LogP contribution in [-0.2, 0) is 11.2 Å². The summed E-state index contributed by atoms with van der Waals surface area (Å²) in [6.07, 6.45) is 3.36. The molecule has 0 aliphatic carbocycles. The van der Waals surface area contributed by atoms with Gasteiger partial charge in [-0.15, -0.1) is 0 Å². The molecule has 1 amide bonds. The van der Waals surface area contributed by atoms with E-state index in [1.165, 1.54) is 5.56 Å². The van der Waals surface area contributed by atoms with Crippen molar-refractivity contribution in [3.8, 4) is 0 Å². The Morgan fingerprint density at radius 2 is 2.20 bits per heavy atom. The summed E-state index contributed by atoms with van der Waals surface area (Å²) in [6, 6.07) is 8.26. The average molecular weight is 200 g/mol. The van der Waals surface area contributed by atoms with Crippen LogP contribution in [0.1, 0.15) is 12.0 Å². The van der Waals surface area contributed by atoms with Crippen LogP contribution in [0.5, 0.6) is 0 Å². The highest BCUT2D eigenvalue weighted by molar-refractivity contribution is 6.01. The van der Waals surface area contributed by atoms with Crippen molar-refractivity contribution >= 4 is 17.8 Å². The van der Waals surface area contributed by atoms with Crippen LogP contribution >= 0.6 is 0 Å². The summed E-state index contributed by atoms with van der Waals surface area (Å²) in [7, 11) is 0. The van der Waals surface area contributed by atoms with E-state index in [1.807, 2.05) is 29.3 Å². The molecule has 0 saturated heterocycles. The van der Waals surface area contributed by atoms with Gasteiger partial charge in [0.05, 0.1) is 6.04 Å². The molecule has 0 spiro atoms. The Morgan fingerprint density at radius 3 is 3.13 bits per heavy atom. The second-order valence-corrected chi connectivity index (χ2v) is 3.97. The SMILES string of the molecule is O=C1CCN=C[C@@H]2Cc3ccccc3N12. The predicted octanol–water partition coefficient (Wildman–Crippen LogP) is 1.42. The van der Waals surface area contributed by atoms with Crippen molar-refractivity contribution in [2.24, 2.45) is 4.99 Å². The molecule has 3 heteroatoms. The van der Waals surface area contributed by atoms with Gasteiger partial charge in [-0.25, -0.2) is 0 Å². The van der Waals surface area contributed by atoms with Gasteiger partial charge in [-0.2, -0.15) is 0 Å². The van der Waals surface area contributed by atoms with Crippen LogP contribution in [0.15, 0.2) is 29.3 Å². The fourth-order valence-corrected chi connectivity index (χ4v) is 2.33. The molecule has 0 N–H and O–H groups in total. The van der Waals surface area contributed by atoms with Crippen molar-refractivity contribution in [3.05, 3.63) is 29.8 Å². The van der Waals surface area contributed by atoms with Crippen LogP contribution in [0.25, 0.3) is 0 Å². The van der Waals surface area contributed by atoms with Crippen LogP contribution in [0.3, 0.4) is 0 Å². The highest BCUT2D eigenvalue weighted by Gasteiger charge is 2.33. The largest absolute Gasteiger partial charge is 0.303 e. The van der Waals surface area contributed by atoms with Crippen molar-refractivity contribution in [3.63, 3.8) is 0 Å². The summed E-state index contributed by atoms with van der Waals surface area (Å²) >= 11 is 0. The number of amides is 1. The van der Waals surface area contributed by atoms with Crippen LogP contribution < -0.4 is 4.90 Å². The molecule has 3 rings (SSSR count). The molecule has 15 heavy (non-hydrogen) atoms. The number of anilines is 1. The van der Waals surface area contributed by atoms with Crippen LogP contribution in [-0.4, -0.2) is 24.7 Å². The van der Waals surface area contributed by atoms with E-state index in [0.717, 1.165) is 12.1 Å². The molecular formula is C12H12N2O. The molecule has 1 atom stereocenters. The Balaban J connectivity index is 2.09. The molecule has 1 aromatic rings. The first-order chi connectivity index (χ1) is 7.36. The van der Waals surface area contributed by atoms with Crippen molar-refractivity contribution in [2.45, 2.75) is 18.9 Å². The zero-order valence-corrected chi connectivity index (χ0v) is 8.39. The molecule has 0 saturated carbocycles. The number of benzene rings is 1. The number of carbonyl (C=O) groups is 1. The van der Waals surface area contributed by atoms with Gasteiger partial charge < -0.3 is 4.90 Å². The van der Waals surface area contributed by atoms with Gasteiger partial charge >= 0.3 is 0 Å². The monoisotopic (exact) mass is 200 g/mol. The van der Waals surface area contributed by atoms with E-state index in [1.54, 1.807) is 0 Å².